The van der Waals surface area contributed by atoms with Gasteiger partial charge in [0.1, 0.15) is 5.82 Å². The van der Waals surface area contributed by atoms with Crippen LogP contribution in [0.2, 0.25) is 0 Å². The average molecular weight is 300 g/mol. The van der Waals surface area contributed by atoms with Crippen LogP contribution in [0.4, 0.5) is 4.39 Å². The zero-order chi connectivity index (χ0) is 15.4. The Morgan fingerprint density at radius 3 is 2.36 bits per heavy atom. The Morgan fingerprint density at radius 1 is 1.00 bits per heavy atom. The van der Waals surface area contributed by atoms with E-state index in [9.17, 15) is 4.39 Å². The Kier molecular flexibility index (Phi) is 4.83. The van der Waals surface area contributed by atoms with E-state index < -0.39 is 0 Å². The normalized spacial score (nSPS) is 15.9. The van der Waals surface area contributed by atoms with Crippen molar-refractivity contribution in [1.29, 1.82) is 0 Å². The fourth-order valence-electron chi connectivity index (χ4n) is 2.73. The molecule has 0 radical (unpaired) electrons. The largest absolute Gasteiger partial charge is 0.379 e. The van der Waals surface area contributed by atoms with Gasteiger partial charge in [-0.2, -0.15) is 0 Å². The molecule has 1 heterocycles. The van der Waals surface area contributed by atoms with Gasteiger partial charge in [0.05, 0.1) is 13.2 Å². The molecule has 0 saturated carbocycles. The molecule has 116 valence electrons. The van der Waals surface area contributed by atoms with Crippen molar-refractivity contribution in [3.63, 3.8) is 0 Å². The molecule has 0 unspecified atom stereocenters. The summed E-state index contributed by atoms with van der Waals surface area (Å²) in [7, 11) is 0. The molecule has 0 bridgehead atoms. The van der Waals surface area contributed by atoms with Crippen molar-refractivity contribution in [2.75, 3.05) is 26.3 Å². The molecule has 1 saturated heterocycles. The molecule has 0 aliphatic carbocycles. The molecule has 0 atom stereocenters. The molecular weight excluding hydrogens is 279 g/mol. The van der Waals surface area contributed by atoms with Gasteiger partial charge in [-0.05, 0) is 28.8 Å². The Labute approximate surface area is 130 Å². The van der Waals surface area contributed by atoms with E-state index in [2.05, 4.69) is 17.0 Å². The molecule has 1 aliphatic heterocycles. The van der Waals surface area contributed by atoms with Crippen LogP contribution in [-0.4, -0.2) is 31.2 Å². The van der Waals surface area contributed by atoms with Crippen molar-refractivity contribution in [3.05, 3.63) is 59.4 Å². The summed E-state index contributed by atoms with van der Waals surface area (Å²) in [6.07, 6.45) is 0. The maximum Gasteiger partial charge on any atom is 0.131 e. The minimum Gasteiger partial charge on any atom is -0.379 e. The predicted molar refractivity (Wildman–Crippen MR) is 85.8 cm³/mol. The third-order valence-electron chi connectivity index (χ3n) is 4.04. The van der Waals surface area contributed by atoms with Crippen molar-refractivity contribution in [3.8, 4) is 11.1 Å². The van der Waals surface area contributed by atoms with Crippen LogP contribution in [0.15, 0.2) is 42.5 Å². The van der Waals surface area contributed by atoms with Crippen molar-refractivity contribution in [2.45, 2.75) is 13.1 Å². The fraction of sp³-hybridized carbons (Fsp3) is 0.333. The van der Waals surface area contributed by atoms with Crippen LogP contribution in [0.3, 0.4) is 0 Å². The molecule has 0 amide bonds. The van der Waals surface area contributed by atoms with Gasteiger partial charge >= 0.3 is 0 Å². The summed E-state index contributed by atoms with van der Waals surface area (Å²) in [4.78, 5) is 2.37. The molecule has 0 spiro atoms. The number of nitrogens with zero attached hydrogens (tertiary/aromatic N) is 1. The second-order valence-electron chi connectivity index (χ2n) is 5.60. The first kappa shape index (κ1) is 15.2. The number of halogens is 1. The smallest absolute Gasteiger partial charge is 0.131 e. The van der Waals surface area contributed by atoms with Crippen LogP contribution in [0.25, 0.3) is 11.1 Å². The lowest BCUT2D eigenvalue weighted by atomic mass is 10.0. The maximum atomic E-state index is 14.0. The van der Waals surface area contributed by atoms with Crippen LogP contribution in [0, 0.1) is 5.82 Å². The lowest BCUT2D eigenvalue weighted by Crippen LogP contribution is -2.35. The van der Waals surface area contributed by atoms with Crippen LogP contribution < -0.4 is 5.73 Å². The number of morpholine rings is 1. The van der Waals surface area contributed by atoms with Crippen LogP contribution in [0.1, 0.15) is 11.1 Å². The first-order valence-corrected chi connectivity index (χ1v) is 7.64. The second-order valence-corrected chi connectivity index (χ2v) is 5.60. The topological polar surface area (TPSA) is 38.5 Å². The molecule has 4 heteroatoms. The molecule has 2 aromatic rings. The zero-order valence-electron chi connectivity index (χ0n) is 12.6. The van der Waals surface area contributed by atoms with E-state index in [0.29, 0.717) is 12.1 Å². The van der Waals surface area contributed by atoms with Crippen LogP contribution >= 0.6 is 0 Å². The summed E-state index contributed by atoms with van der Waals surface area (Å²) in [6.45, 7) is 4.87. The molecule has 1 aliphatic rings. The Hall–Kier alpha value is -1.75. The van der Waals surface area contributed by atoms with E-state index in [4.69, 9.17) is 10.5 Å². The van der Waals surface area contributed by atoms with Crippen molar-refractivity contribution >= 4 is 0 Å². The summed E-state index contributed by atoms with van der Waals surface area (Å²) >= 11 is 0. The average Bonchev–Trinajstić information content (AvgIpc) is 2.57. The number of hydrogen-bond acceptors (Lipinski definition) is 3. The molecule has 22 heavy (non-hydrogen) atoms. The molecule has 3 nitrogen and oxygen atoms in total. The number of ether oxygens (including phenoxy) is 1. The van der Waals surface area contributed by atoms with E-state index in [1.165, 1.54) is 11.6 Å². The van der Waals surface area contributed by atoms with Gasteiger partial charge in [0.15, 0.2) is 0 Å². The van der Waals surface area contributed by atoms with Crippen molar-refractivity contribution in [2.24, 2.45) is 5.73 Å². The minimum atomic E-state index is -0.210. The van der Waals surface area contributed by atoms with Gasteiger partial charge in [0.2, 0.25) is 0 Å². The lowest BCUT2D eigenvalue weighted by Gasteiger charge is -2.26. The number of rotatable bonds is 4. The summed E-state index contributed by atoms with van der Waals surface area (Å²) < 4.78 is 19.4. The molecule has 2 aromatic carbocycles. The van der Waals surface area contributed by atoms with Crippen molar-refractivity contribution < 1.29 is 9.13 Å². The van der Waals surface area contributed by atoms with Gasteiger partial charge in [-0.25, -0.2) is 4.39 Å². The van der Waals surface area contributed by atoms with Gasteiger partial charge in [0, 0.05) is 31.7 Å². The quantitative estimate of drug-likeness (QED) is 0.943. The molecule has 1 fully saturated rings. The first-order chi connectivity index (χ1) is 10.8. The number of hydrogen-bond donors (Lipinski definition) is 1. The molecule has 2 N–H and O–H groups in total. The lowest BCUT2D eigenvalue weighted by molar-refractivity contribution is 0.0342. The summed E-state index contributed by atoms with van der Waals surface area (Å²) in [5.41, 5.74) is 9.31. The van der Waals surface area contributed by atoms with Gasteiger partial charge in [-0.3, -0.25) is 4.90 Å². The summed E-state index contributed by atoms with van der Waals surface area (Å²) in [6, 6.07) is 13.1. The first-order valence-electron chi connectivity index (χ1n) is 7.64. The Bertz CT molecular complexity index is 621. The Balaban J connectivity index is 1.76. The van der Waals surface area contributed by atoms with Gasteiger partial charge in [0.25, 0.3) is 0 Å². The monoisotopic (exact) mass is 300 g/mol. The highest BCUT2D eigenvalue weighted by molar-refractivity contribution is 5.65. The van der Waals surface area contributed by atoms with E-state index in [1.807, 2.05) is 18.2 Å². The highest BCUT2D eigenvalue weighted by Gasteiger charge is 2.11. The molecule has 3 rings (SSSR count). The van der Waals surface area contributed by atoms with E-state index in [0.717, 1.165) is 44.0 Å². The van der Waals surface area contributed by atoms with Gasteiger partial charge in [-0.15, -0.1) is 0 Å². The number of nitrogens with two attached hydrogens (primary N) is 1. The van der Waals surface area contributed by atoms with E-state index in [1.54, 1.807) is 6.07 Å². The number of benzene rings is 2. The van der Waals surface area contributed by atoms with Gasteiger partial charge < -0.3 is 10.5 Å². The second kappa shape index (κ2) is 7.01. The summed E-state index contributed by atoms with van der Waals surface area (Å²) in [5, 5.41) is 0. The predicted octanol–water partition coefficient (Wildman–Crippen LogP) is 2.78. The van der Waals surface area contributed by atoms with E-state index in [-0.39, 0.29) is 5.82 Å². The van der Waals surface area contributed by atoms with E-state index >= 15 is 0 Å². The molecule has 0 aromatic heterocycles. The highest BCUT2D eigenvalue weighted by atomic mass is 19.1. The zero-order valence-corrected chi connectivity index (χ0v) is 12.6. The van der Waals surface area contributed by atoms with Crippen molar-refractivity contribution in [1.82, 2.24) is 4.90 Å². The SMILES string of the molecule is NCc1ccc(F)c(-c2ccc(CN3CCOCC3)cc2)c1. The standard InChI is InChI=1S/C18H21FN2O/c19-18-6-3-15(12-20)11-17(18)16-4-1-14(2-5-16)13-21-7-9-22-10-8-21/h1-6,11H,7-10,12-13,20H2. The Morgan fingerprint density at radius 2 is 1.68 bits per heavy atom. The fourth-order valence-corrected chi connectivity index (χ4v) is 2.73. The third-order valence-corrected chi connectivity index (χ3v) is 4.04. The van der Waals surface area contributed by atoms with Crippen LogP contribution in [0.5, 0.6) is 0 Å². The maximum absolute atomic E-state index is 14.0. The van der Waals surface area contributed by atoms with Gasteiger partial charge in [-0.1, -0.05) is 30.3 Å². The third kappa shape index (κ3) is 3.53. The molecular formula is C18H21FN2O. The van der Waals surface area contributed by atoms with Crippen LogP contribution in [-0.2, 0) is 17.8 Å². The summed E-state index contributed by atoms with van der Waals surface area (Å²) in [5.74, 6) is -0.210. The minimum absolute atomic E-state index is 0.210. The highest BCUT2D eigenvalue weighted by Crippen LogP contribution is 2.24.